The number of anilines is 1. The monoisotopic (exact) mass is 249 g/mol. The second kappa shape index (κ2) is 5.61. The molecular weight excluding hydrogens is 226 g/mol. The molecule has 1 aliphatic rings. The Kier molecular flexibility index (Phi) is 4.12. The van der Waals surface area contributed by atoms with Crippen LogP contribution in [-0.2, 0) is 4.74 Å². The van der Waals surface area contributed by atoms with Crippen molar-refractivity contribution in [3.63, 3.8) is 0 Å². The highest BCUT2D eigenvalue weighted by molar-refractivity contribution is 5.56. The van der Waals surface area contributed by atoms with Crippen molar-refractivity contribution in [3.8, 4) is 5.75 Å². The van der Waals surface area contributed by atoms with Crippen molar-refractivity contribution in [1.29, 1.82) is 0 Å². The predicted molar refractivity (Wildman–Crippen MR) is 74.3 cm³/mol. The Balaban J connectivity index is 2.04. The molecule has 0 aromatic heterocycles. The quantitative estimate of drug-likeness (QED) is 0.886. The van der Waals surface area contributed by atoms with Gasteiger partial charge in [0.25, 0.3) is 0 Å². The fraction of sp³-hybridized carbons (Fsp3) is 0.600. The summed E-state index contributed by atoms with van der Waals surface area (Å²) < 4.78 is 11.4. The lowest BCUT2D eigenvalue weighted by Crippen LogP contribution is -2.40. The summed E-state index contributed by atoms with van der Waals surface area (Å²) in [5.74, 6) is 0.935. The molecule has 0 radical (unpaired) electrons. The molecule has 1 saturated heterocycles. The van der Waals surface area contributed by atoms with Gasteiger partial charge < -0.3 is 14.8 Å². The average molecular weight is 249 g/mol. The lowest BCUT2D eigenvalue weighted by Gasteiger charge is -2.36. The number of nitrogens with one attached hydrogen (secondary N) is 1. The van der Waals surface area contributed by atoms with Gasteiger partial charge in [-0.05, 0) is 45.7 Å². The van der Waals surface area contributed by atoms with Gasteiger partial charge in [0.15, 0.2) is 0 Å². The van der Waals surface area contributed by atoms with Crippen LogP contribution in [0.3, 0.4) is 0 Å². The van der Waals surface area contributed by atoms with Crippen molar-refractivity contribution in [2.24, 2.45) is 0 Å². The van der Waals surface area contributed by atoms with Crippen molar-refractivity contribution in [2.45, 2.75) is 45.3 Å². The van der Waals surface area contributed by atoms with Gasteiger partial charge in [0.1, 0.15) is 5.75 Å². The molecule has 1 fully saturated rings. The average Bonchev–Trinajstić information content (AvgIpc) is 2.31. The molecule has 0 aliphatic carbocycles. The van der Waals surface area contributed by atoms with Crippen LogP contribution >= 0.6 is 0 Å². The minimum Gasteiger partial charge on any atom is -0.492 e. The number of para-hydroxylation sites is 2. The van der Waals surface area contributed by atoms with Crippen molar-refractivity contribution < 1.29 is 9.47 Å². The van der Waals surface area contributed by atoms with E-state index in [4.69, 9.17) is 9.47 Å². The van der Waals surface area contributed by atoms with Crippen LogP contribution in [-0.4, -0.2) is 24.9 Å². The smallest absolute Gasteiger partial charge is 0.142 e. The molecule has 1 aromatic carbocycles. The van der Waals surface area contributed by atoms with E-state index in [1.807, 2.05) is 25.1 Å². The minimum absolute atomic E-state index is 0.0313. The lowest BCUT2D eigenvalue weighted by molar-refractivity contribution is -0.0553. The molecule has 0 amide bonds. The zero-order valence-corrected chi connectivity index (χ0v) is 11.5. The lowest BCUT2D eigenvalue weighted by atomic mass is 9.94. The van der Waals surface area contributed by atoms with Crippen LogP contribution in [0.25, 0.3) is 0 Å². The molecule has 18 heavy (non-hydrogen) atoms. The number of hydrogen-bond donors (Lipinski definition) is 1. The van der Waals surface area contributed by atoms with E-state index in [1.54, 1.807) is 0 Å². The first-order chi connectivity index (χ1) is 8.61. The molecule has 3 heteroatoms. The maximum atomic E-state index is 5.74. The van der Waals surface area contributed by atoms with Gasteiger partial charge in [-0.3, -0.25) is 0 Å². The van der Waals surface area contributed by atoms with E-state index in [2.05, 4.69) is 25.2 Å². The molecule has 100 valence electrons. The first-order valence-corrected chi connectivity index (χ1v) is 6.73. The van der Waals surface area contributed by atoms with Gasteiger partial charge in [-0.1, -0.05) is 12.1 Å². The van der Waals surface area contributed by atoms with Gasteiger partial charge in [-0.2, -0.15) is 0 Å². The number of benzene rings is 1. The Bertz CT molecular complexity index is 390. The van der Waals surface area contributed by atoms with E-state index in [0.717, 1.165) is 30.9 Å². The third-order valence-electron chi connectivity index (χ3n) is 3.24. The molecule has 1 aromatic rings. The van der Waals surface area contributed by atoms with Gasteiger partial charge in [0.05, 0.1) is 17.9 Å². The Morgan fingerprint density at radius 3 is 2.89 bits per heavy atom. The second-order valence-electron chi connectivity index (χ2n) is 5.37. The zero-order chi connectivity index (χ0) is 13.0. The van der Waals surface area contributed by atoms with Gasteiger partial charge in [0, 0.05) is 12.6 Å². The standard InChI is InChI=1S/C15H23NO2/c1-4-17-14-8-6-5-7-13(14)16-12-9-10-18-15(2,3)11-12/h5-8,12,16H,4,9-11H2,1-3H3. The van der Waals surface area contributed by atoms with E-state index in [-0.39, 0.29) is 5.60 Å². The Labute approximate surface area is 109 Å². The van der Waals surface area contributed by atoms with Crippen LogP contribution in [0.1, 0.15) is 33.6 Å². The molecule has 2 rings (SSSR count). The van der Waals surface area contributed by atoms with E-state index < -0.39 is 0 Å². The highest BCUT2D eigenvalue weighted by atomic mass is 16.5. The maximum absolute atomic E-state index is 5.74. The zero-order valence-electron chi connectivity index (χ0n) is 11.5. The number of ether oxygens (including phenoxy) is 2. The van der Waals surface area contributed by atoms with Crippen molar-refractivity contribution in [2.75, 3.05) is 18.5 Å². The summed E-state index contributed by atoms with van der Waals surface area (Å²) >= 11 is 0. The van der Waals surface area contributed by atoms with Crippen LogP contribution in [0.5, 0.6) is 5.75 Å². The summed E-state index contributed by atoms with van der Waals surface area (Å²) in [5, 5.41) is 3.58. The van der Waals surface area contributed by atoms with E-state index >= 15 is 0 Å². The van der Waals surface area contributed by atoms with Crippen LogP contribution in [0, 0.1) is 0 Å². The molecule has 1 N–H and O–H groups in total. The molecule has 0 bridgehead atoms. The van der Waals surface area contributed by atoms with Crippen molar-refractivity contribution in [3.05, 3.63) is 24.3 Å². The number of rotatable bonds is 4. The van der Waals surface area contributed by atoms with E-state index in [1.165, 1.54) is 0 Å². The third kappa shape index (κ3) is 3.39. The summed E-state index contributed by atoms with van der Waals surface area (Å²) in [6.45, 7) is 7.82. The highest BCUT2D eigenvalue weighted by Gasteiger charge is 2.29. The van der Waals surface area contributed by atoms with Crippen molar-refractivity contribution >= 4 is 5.69 Å². The van der Waals surface area contributed by atoms with Crippen LogP contribution in [0.4, 0.5) is 5.69 Å². The van der Waals surface area contributed by atoms with Gasteiger partial charge >= 0.3 is 0 Å². The largest absolute Gasteiger partial charge is 0.492 e. The summed E-state index contributed by atoms with van der Waals surface area (Å²) in [7, 11) is 0. The van der Waals surface area contributed by atoms with Gasteiger partial charge in [-0.15, -0.1) is 0 Å². The summed E-state index contributed by atoms with van der Waals surface area (Å²) in [6, 6.07) is 8.58. The van der Waals surface area contributed by atoms with Gasteiger partial charge in [-0.25, -0.2) is 0 Å². The Hall–Kier alpha value is -1.22. The van der Waals surface area contributed by atoms with Crippen molar-refractivity contribution in [1.82, 2.24) is 0 Å². The number of hydrogen-bond acceptors (Lipinski definition) is 3. The summed E-state index contributed by atoms with van der Waals surface area (Å²) in [6.07, 6.45) is 2.07. The van der Waals surface area contributed by atoms with E-state index in [0.29, 0.717) is 12.6 Å². The van der Waals surface area contributed by atoms with Crippen LogP contribution in [0.15, 0.2) is 24.3 Å². The molecule has 3 nitrogen and oxygen atoms in total. The molecule has 1 atom stereocenters. The predicted octanol–water partition coefficient (Wildman–Crippen LogP) is 3.45. The third-order valence-corrected chi connectivity index (χ3v) is 3.24. The maximum Gasteiger partial charge on any atom is 0.142 e. The minimum atomic E-state index is -0.0313. The van der Waals surface area contributed by atoms with Crippen LogP contribution < -0.4 is 10.1 Å². The fourth-order valence-corrected chi connectivity index (χ4v) is 2.44. The molecule has 0 saturated carbocycles. The normalized spacial score (nSPS) is 22.5. The fourth-order valence-electron chi connectivity index (χ4n) is 2.44. The first-order valence-electron chi connectivity index (χ1n) is 6.73. The highest BCUT2D eigenvalue weighted by Crippen LogP contribution is 2.30. The first kappa shape index (κ1) is 13.2. The molecule has 0 spiro atoms. The molecular formula is C15H23NO2. The molecule has 1 unspecified atom stereocenters. The summed E-state index contributed by atoms with van der Waals surface area (Å²) in [5.41, 5.74) is 1.05. The molecule has 1 aliphatic heterocycles. The van der Waals surface area contributed by atoms with E-state index in [9.17, 15) is 0 Å². The molecule has 1 heterocycles. The SMILES string of the molecule is CCOc1ccccc1NC1CCOC(C)(C)C1. The summed E-state index contributed by atoms with van der Waals surface area (Å²) in [4.78, 5) is 0. The Morgan fingerprint density at radius 2 is 2.17 bits per heavy atom. The topological polar surface area (TPSA) is 30.5 Å². The van der Waals surface area contributed by atoms with Gasteiger partial charge in [0.2, 0.25) is 0 Å². The Morgan fingerprint density at radius 1 is 1.39 bits per heavy atom. The second-order valence-corrected chi connectivity index (χ2v) is 5.37. The van der Waals surface area contributed by atoms with Crippen LogP contribution in [0.2, 0.25) is 0 Å².